The molecule has 0 aliphatic heterocycles. The van der Waals surface area contributed by atoms with E-state index in [1.54, 1.807) is 24.4 Å². The van der Waals surface area contributed by atoms with Crippen LogP contribution in [0.25, 0.3) is 0 Å². The summed E-state index contributed by atoms with van der Waals surface area (Å²) in [6.45, 7) is 0. The van der Waals surface area contributed by atoms with E-state index in [2.05, 4.69) is 4.98 Å². The zero-order valence-corrected chi connectivity index (χ0v) is 9.32. The second kappa shape index (κ2) is 4.90. The van der Waals surface area contributed by atoms with Gasteiger partial charge in [0.25, 0.3) is 0 Å². The highest BCUT2D eigenvalue weighted by Gasteiger charge is 2.04. The number of aromatic nitrogens is 1. The molecule has 16 heavy (non-hydrogen) atoms. The second-order valence-corrected chi connectivity index (χ2v) is 3.90. The molecule has 2 aromatic rings. The van der Waals surface area contributed by atoms with E-state index in [0.29, 0.717) is 17.0 Å². The number of pyridine rings is 1. The lowest BCUT2D eigenvalue weighted by Crippen LogP contribution is -1.96. The lowest BCUT2D eigenvalue weighted by molar-refractivity contribution is 0.112. The summed E-state index contributed by atoms with van der Waals surface area (Å²) in [6, 6.07) is 11.0. The second-order valence-electron chi connectivity index (χ2n) is 3.46. The Labute approximate surface area is 98.9 Å². The van der Waals surface area contributed by atoms with Gasteiger partial charge in [-0.2, -0.15) is 0 Å². The molecule has 3 heteroatoms. The highest BCUT2D eigenvalue weighted by molar-refractivity contribution is 6.30. The van der Waals surface area contributed by atoms with Crippen LogP contribution in [0, 0.1) is 0 Å². The average molecular weight is 232 g/mol. The molecule has 0 bridgehead atoms. The molecule has 0 saturated carbocycles. The summed E-state index contributed by atoms with van der Waals surface area (Å²) in [5.74, 6) is 0. The molecule has 1 aromatic carbocycles. The van der Waals surface area contributed by atoms with Crippen molar-refractivity contribution in [2.45, 2.75) is 6.42 Å². The van der Waals surface area contributed by atoms with Crippen LogP contribution in [0.2, 0.25) is 5.02 Å². The predicted molar refractivity (Wildman–Crippen MR) is 63.9 cm³/mol. The Morgan fingerprint density at radius 1 is 1.25 bits per heavy atom. The summed E-state index contributed by atoms with van der Waals surface area (Å²) in [5.41, 5.74) is 2.49. The molecular weight excluding hydrogens is 222 g/mol. The fourth-order valence-electron chi connectivity index (χ4n) is 1.54. The van der Waals surface area contributed by atoms with Gasteiger partial charge in [-0.15, -0.1) is 0 Å². The number of halogens is 1. The van der Waals surface area contributed by atoms with E-state index in [1.165, 1.54) is 0 Å². The van der Waals surface area contributed by atoms with Crippen LogP contribution in [-0.2, 0) is 6.42 Å². The van der Waals surface area contributed by atoms with Gasteiger partial charge >= 0.3 is 0 Å². The van der Waals surface area contributed by atoms with Crippen LogP contribution in [0.3, 0.4) is 0 Å². The minimum atomic E-state index is 0.621. The maximum absolute atomic E-state index is 10.9. The molecule has 0 aliphatic carbocycles. The Bertz CT molecular complexity index is 497. The van der Waals surface area contributed by atoms with Crippen LogP contribution in [0.15, 0.2) is 42.6 Å². The Hall–Kier alpha value is -1.67. The number of benzene rings is 1. The minimum Gasteiger partial charge on any atom is -0.298 e. The van der Waals surface area contributed by atoms with Crippen molar-refractivity contribution in [2.75, 3.05) is 0 Å². The first kappa shape index (κ1) is 10.8. The molecule has 0 aliphatic rings. The molecule has 1 heterocycles. The Morgan fingerprint density at radius 2 is 2.12 bits per heavy atom. The standard InChI is InChI=1S/C13H10ClNO/c14-12-5-4-10(9-16)11(7-12)8-13-3-1-2-6-15-13/h1-7,9H,8H2. The fourth-order valence-corrected chi connectivity index (χ4v) is 1.73. The third-order valence-corrected chi connectivity index (χ3v) is 2.56. The van der Waals surface area contributed by atoms with Gasteiger partial charge in [-0.25, -0.2) is 0 Å². The van der Waals surface area contributed by atoms with Gasteiger partial charge in [-0.3, -0.25) is 9.78 Å². The number of hydrogen-bond donors (Lipinski definition) is 0. The van der Waals surface area contributed by atoms with E-state index in [9.17, 15) is 4.79 Å². The van der Waals surface area contributed by atoms with E-state index in [4.69, 9.17) is 11.6 Å². The van der Waals surface area contributed by atoms with Crippen LogP contribution in [0.4, 0.5) is 0 Å². The third kappa shape index (κ3) is 2.47. The van der Waals surface area contributed by atoms with E-state index >= 15 is 0 Å². The van der Waals surface area contributed by atoms with Crippen molar-refractivity contribution in [1.82, 2.24) is 4.98 Å². The zero-order chi connectivity index (χ0) is 11.4. The summed E-state index contributed by atoms with van der Waals surface area (Å²) >= 11 is 5.90. The summed E-state index contributed by atoms with van der Waals surface area (Å²) < 4.78 is 0. The van der Waals surface area contributed by atoms with Gasteiger partial charge in [0.2, 0.25) is 0 Å². The molecule has 0 N–H and O–H groups in total. The van der Waals surface area contributed by atoms with Gasteiger partial charge in [0, 0.05) is 28.9 Å². The first-order chi connectivity index (χ1) is 7.79. The maximum Gasteiger partial charge on any atom is 0.150 e. The molecule has 0 spiro atoms. The van der Waals surface area contributed by atoms with Crippen molar-refractivity contribution in [2.24, 2.45) is 0 Å². The predicted octanol–water partition coefficient (Wildman–Crippen LogP) is 3.14. The summed E-state index contributed by atoms with van der Waals surface area (Å²) in [7, 11) is 0. The summed E-state index contributed by atoms with van der Waals surface area (Å²) in [6.07, 6.45) is 3.20. The van der Waals surface area contributed by atoms with Gasteiger partial charge < -0.3 is 0 Å². The first-order valence-electron chi connectivity index (χ1n) is 4.93. The normalized spacial score (nSPS) is 10.1. The minimum absolute atomic E-state index is 0.621. The number of aldehydes is 1. The highest BCUT2D eigenvalue weighted by Crippen LogP contribution is 2.17. The first-order valence-corrected chi connectivity index (χ1v) is 5.31. The van der Waals surface area contributed by atoms with Crippen molar-refractivity contribution < 1.29 is 4.79 Å². The number of carbonyl (C=O) groups is 1. The molecule has 2 rings (SSSR count). The number of hydrogen-bond acceptors (Lipinski definition) is 2. The highest BCUT2D eigenvalue weighted by atomic mass is 35.5. The molecule has 0 atom stereocenters. The van der Waals surface area contributed by atoms with Crippen molar-refractivity contribution in [3.05, 3.63) is 64.4 Å². The largest absolute Gasteiger partial charge is 0.298 e. The molecular formula is C13H10ClNO. The van der Waals surface area contributed by atoms with Gasteiger partial charge in [-0.05, 0) is 35.9 Å². The van der Waals surface area contributed by atoms with E-state index in [-0.39, 0.29) is 0 Å². The Morgan fingerprint density at radius 3 is 2.81 bits per heavy atom. The number of carbonyl (C=O) groups excluding carboxylic acids is 1. The average Bonchev–Trinajstić information content (AvgIpc) is 2.31. The van der Waals surface area contributed by atoms with E-state index in [0.717, 1.165) is 17.5 Å². The van der Waals surface area contributed by atoms with Crippen molar-refractivity contribution >= 4 is 17.9 Å². The molecule has 80 valence electrons. The monoisotopic (exact) mass is 231 g/mol. The molecule has 1 aromatic heterocycles. The Balaban J connectivity index is 2.33. The van der Waals surface area contributed by atoms with Crippen molar-refractivity contribution in [3.8, 4) is 0 Å². The lowest BCUT2D eigenvalue weighted by Gasteiger charge is -2.04. The topological polar surface area (TPSA) is 30.0 Å². The van der Waals surface area contributed by atoms with Crippen LogP contribution >= 0.6 is 11.6 Å². The SMILES string of the molecule is O=Cc1ccc(Cl)cc1Cc1ccccn1. The van der Waals surface area contributed by atoms with E-state index < -0.39 is 0 Å². The smallest absolute Gasteiger partial charge is 0.150 e. The zero-order valence-electron chi connectivity index (χ0n) is 8.56. The molecule has 0 saturated heterocycles. The van der Waals surface area contributed by atoms with Gasteiger partial charge in [0.1, 0.15) is 6.29 Å². The molecule has 0 fully saturated rings. The van der Waals surface area contributed by atoms with Crippen LogP contribution in [0.5, 0.6) is 0 Å². The van der Waals surface area contributed by atoms with Gasteiger partial charge in [-0.1, -0.05) is 17.7 Å². The van der Waals surface area contributed by atoms with E-state index in [1.807, 2.05) is 18.2 Å². The summed E-state index contributed by atoms with van der Waals surface area (Å²) in [5, 5.41) is 0.636. The van der Waals surface area contributed by atoms with Crippen LogP contribution in [0.1, 0.15) is 21.6 Å². The van der Waals surface area contributed by atoms with Crippen molar-refractivity contribution in [1.29, 1.82) is 0 Å². The van der Waals surface area contributed by atoms with Gasteiger partial charge in [0.15, 0.2) is 0 Å². The van der Waals surface area contributed by atoms with Crippen LogP contribution in [-0.4, -0.2) is 11.3 Å². The number of nitrogens with zero attached hydrogens (tertiary/aromatic N) is 1. The van der Waals surface area contributed by atoms with Crippen molar-refractivity contribution in [3.63, 3.8) is 0 Å². The maximum atomic E-state index is 10.9. The molecule has 2 nitrogen and oxygen atoms in total. The Kier molecular flexibility index (Phi) is 3.32. The number of rotatable bonds is 3. The third-order valence-electron chi connectivity index (χ3n) is 2.33. The summed E-state index contributed by atoms with van der Waals surface area (Å²) in [4.78, 5) is 15.1. The molecule has 0 unspecified atom stereocenters. The fraction of sp³-hybridized carbons (Fsp3) is 0.0769. The quantitative estimate of drug-likeness (QED) is 0.760. The molecule has 0 radical (unpaired) electrons. The molecule has 0 amide bonds. The van der Waals surface area contributed by atoms with Crippen LogP contribution < -0.4 is 0 Å². The van der Waals surface area contributed by atoms with Gasteiger partial charge in [0.05, 0.1) is 0 Å². The lowest BCUT2D eigenvalue weighted by atomic mass is 10.0.